The number of aromatic nitrogens is 2. The zero-order valence-corrected chi connectivity index (χ0v) is 13.2. The third-order valence-electron chi connectivity index (χ3n) is 3.17. The lowest BCUT2D eigenvalue weighted by Gasteiger charge is -2.05. The van der Waals surface area contributed by atoms with Gasteiger partial charge in [0.25, 0.3) is 5.91 Å². The molecule has 0 atom stereocenters. The molecular weight excluding hydrogens is 336 g/mol. The number of thiazole rings is 1. The van der Waals surface area contributed by atoms with E-state index in [2.05, 4.69) is 20.0 Å². The molecule has 0 aliphatic rings. The maximum absolute atomic E-state index is 13.8. The fraction of sp³-hybridized carbons (Fsp3) is 0.0625. The quantitative estimate of drug-likeness (QED) is 0.781. The van der Waals surface area contributed by atoms with Crippen LogP contribution in [-0.2, 0) is 0 Å². The van der Waals surface area contributed by atoms with Crippen LogP contribution in [0, 0.1) is 11.6 Å². The van der Waals surface area contributed by atoms with Crippen molar-refractivity contribution in [3.05, 3.63) is 59.2 Å². The number of pyridine rings is 1. The Bertz CT molecular complexity index is 861. The van der Waals surface area contributed by atoms with E-state index in [0.29, 0.717) is 16.4 Å². The number of carbonyl (C=O) groups excluding carboxylic acids is 1. The Hall–Kier alpha value is -2.87. The predicted octanol–water partition coefficient (Wildman–Crippen LogP) is 3.74. The molecule has 0 bridgehead atoms. The molecule has 0 radical (unpaired) electrons. The molecule has 0 saturated carbocycles. The average Bonchev–Trinajstić information content (AvgIpc) is 3.04. The van der Waals surface area contributed by atoms with E-state index < -0.39 is 17.4 Å². The molecule has 1 amide bonds. The van der Waals surface area contributed by atoms with Crippen LogP contribution >= 0.6 is 11.3 Å². The van der Waals surface area contributed by atoms with Crippen LogP contribution in [0.15, 0.2) is 42.0 Å². The smallest absolute Gasteiger partial charge is 0.257 e. The highest BCUT2D eigenvalue weighted by atomic mass is 32.1. The molecule has 2 aromatic heterocycles. The Morgan fingerprint density at radius 3 is 2.50 bits per heavy atom. The minimum Gasteiger partial charge on any atom is -0.491 e. The monoisotopic (exact) mass is 347 g/mol. The predicted molar refractivity (Wildman–Crippen MR) is 86.2 cm³/mol. The second-order valence-corrected chi connectivity index (χ2v) is 5.56. The summed E-state index contributed by atoms with van der Waals surface area (Å²) in [6.45, 7) is 0. The first kappa shape index (κ1) is 16.0. The van der Waals surface area contributed by atoms with Gasteiger partial charge in [0.15, 0.2) is 22.5 Å². The molecule has 5 nitrogen and oxygen atoms in total. The van der Waals surface area contributed by atoms with Crippen molar-refractivity contribution >= 4 is 22.4 Å². The zero-order chi connectivity index (χ0) is 17.1. The van der Waals surface area contributed by atoms with Crippen LogP contribution in [0.5, 0.6) is 5.75 Å². The van der Waals surface area contributed by atoms with E-state index in [4.69, 9.17) is 0 Å². The van der Waals surface area contributed by atoms with Gasteiger partial charge in [-0.2, -0.15) is 0 Å². The lowest BCUT2D eigenvalue weighted by atomic mass is 10.1. The Morgan fingerprint density at radius 2 is 1.88 bits per heavy atom. The molecule has 0 fully saturated rings. The van der Waals surface area contributed by atoms with Gasteiger partial charge in [0, 0.05) is 28.9 Å². The summed E-state index contributed by atoms with van der Waals surface area (Å²) in [4.78, 5) is 20.1. The molecule has 0 spiro atoms. The number of benzene rings is 1. The highest BCUT2D eigenvalue weighted by Gasteiger charge is 2.15. The van der Waals surface area contributed by atoms with Crippen molar-refractivity contribution in [2.45, 2.75) is 0 Å². The van der Waals surface area contributed by atoms with E-state index in [1.807, 2.05) is 0 Å². The van der Waals surface area contributed by atoms with Gasteiger partial charge < -0.3 is 4.74 Å². The lowest BCUT2D eigenvalue weighted by Crippen LogP contribution is -2.11. The van der Waals surface area contributed by atoms with E-state index in [1.165, 1.54) is 19.5 Å². The number of nitrogens with zero attached hydrogens (tertiary/aromatic N) is 2. The van der Waals surface area contributed by atoms with Gasteiger partial charge in [-0.15, -0.1) is 11.3 Å². The van der Waals surface area contributed by atoms with E-state index in [9.17, 15) is 13.6 Å². The topological polar surface area (TPSA) is 64.1 Å². The number of methoxy groups -OCH3 is 1. The first-order chi connectivity index (χ1) is 11.6. The molecular formula is C16H11F2N3O2S. The minimum absolute atomic E-state index is 0.256. The van der Waals surface area contributed by atoms with E-state index in [-0.39, 0.29) is 11.5 Å². The van der Waals surface area contributed by atoms with E-state index in [0.717, 1.165) is 23.5 Å². The SMILES string of the molecule is COc1c(F)cc(-c2csc(NC(=O)c3ccncc3)n2)cc1F. The van der Waals surface area contributed by atoms with Crippen LogP contribution < -0.4 is 10.1 Å². The summed E-state index contributed by atoms with van der Waals surface area (Å²) in [6, 6.07) is 5.40. The third kappa shape index (κ3) is 3.23. The fourth-order valence-corrected chi connectivity index (χ4v) is 2.75. The van der Waals surface area contributed by atoms with Crippen molar-refractivity contribution in [3.8, 4) is 17.0 Å². The third-order valence-corrected chi connectivity index (χ3v) is 3.92. The molecule has 0 aliphatic carbocycles. The Morgan fingerprint density at radius 1 is 1.21 bits per heavy atom. The van der Waals surface area contributed by atoms with Crippen LogP contribution in [-0.4, -0.2) is 23.0 Å². The summed E-state index contributed by atoms with van der Waals surface area (Å²) in [7, 11) is 1.19. The van der Waals surface area contributed by atoms with Crippen LogP contribution in [0.1, 0.15) is 10.4 Å². The number of carbonyl (C=O) groups is 1. The highest BCUT2D eigenvalue weighted by Crippen LogP contribution is 2.30. The number of halogens is 2. The van der Waals surface area contributed by atoms with Gasteiger partial charge in [-0.3, -0.25) is 15.1 Å². The average molecular weight is 347 g/mol. The van der Waals surface area contributed by atoms with E-state index in [1.54, 1.807) is 17.5 Å². The zero-order valence-electron chi connectivity index (χ0n) is 12.4. The van der Waals surface area contributed by atoms with Crippen LogP contribution in [0.2, 0.25) is 0 Å². The van der Waals surface area contributed by atoms with Gasteiger partial charge >= 0.3 is 0 Å². The van der Waals surface area contributed by atoms with Crippen molar-refractivity contribution in [2.75, 3.05) is 12.4 Å². The number of rotatable bonds is 4. The number of nitrogens with one attached hydrogen (secondary N) is 1. The Kier molecular flexibility index (Phi) is 4.48. The molecule has 2 heterocycles. The number of hydrogen-bond donors (Lipinski definition) is 1. The summed E-state index contributed by atoms with van der Waals surface area (Å²) < 4.78 is 32.2. The number of anilines is 1. The number of hydrogen-bond acceptors (Lipinski definition) is 5. The highest BCUT2D eigenvalue weighted by molar-refractivity contribution is 7.14. The molecule has 3 aromatic rings. The summed E-state index contributed by atoms with van der Waals surface area (Å²) >= 11 is 1.15. The van der Waals surface area contributed by atoms with Gasteiger partial charge in [-0.25, -0.2) is 13.8 Å². The summed E-state index contributed by atoms with van der Waals surface area (Å²) in [6.07, 6.45) is 3.01. The van der Waals surface area contributed by atoms with Gasteiger partial charge in [0.1, 0.15) is 0 Å². The van der Waals surface area contributed by atoms with Gasteiger partial charge in [0.05, 0.1) is 12.8 Å². The molecule has 0 aliphatic heterocycles. The van der Waals surface area contributed by atoms with Crippen molar-refractivity contribution in [3.63, 3.8) is 0 Å². The Labute approximate surface area is 140 Å². The Balaban J connectivity index is 1.82. The first-order valence-electron chi connectivity index (χ1n) is 6.79. The maximum Gasteiger partial charge on any atom is 0.257 e. The molecule has 1 N–H and O–H groups in total. The molecule has 3 rings (SSSR count). The van der Waals surface area contributed by atoms with Crippen molar-refractivity contribution in [2.24, 2.45) is 0 Å². The number of amides is 1. The minimum atomic E-state index is -0.817. The summed E-state index contributed by atoms with van der Waals surface area (Å²) in [5.41, 5.74) is 1.04. The second kappa shape index (κ2) is 6.71. The van der Waals surface area contributed by atoms with Crippen molar-refractivity contribution in [1.82, 2.24) is 9.97 Å². The van der Waals surface area contributed by atoms with Crippen molar-refractivity contribution < 1.29 is 18.3 Å². The normalized spacial score (nSPS) is 10.5. The lowest BCUT2D eigenvalue weighted by molar-refractivity contribution is 0.102. The van der Waals surface area contributed by atoms with E-state index >= 15 is 0 Å². The fourth-order valence-electron chi connectivity index (χ4n) is 2.04. The van der Waals surface area contributed by atoms with Crippen molar-refractivity contribution in [1.29, 1.82) is 0 Å². The standard InChI is InChI=1S/C16H11F2N3O2S/c1-23-14-11(17)6-10(7-12(14)18)13-8-24-16(20-13)21-15(22)9-2-4-19-5-3-9/h2-8H,1H3,(H,20,21,22). The first-order valence-corrected chi connectivity index (χ1v) is 7.66. The second-order valence-electron chi connectivity index (χ2n) is 4.70. The van der Waals surface area contributed by atoms with Gasteiger partial charge in [0.2, 0.25) is 0 Å². The molecule has 0 unspecified atom stereocenters. The molecule has 0 saturated heterocycles. The molecule has 24 heavy (non-hydrogen) atoms. The summed E-state index contributed by atoms with van der Waals surface area (Å²) in [5, 5.41) is 4.55. The molecule has 1 aromatic carbocycles. The maximum atomic E-state index is 13.8. The van der Waals surface area contributed by atoms with Crippen LogP contribution in [0.3, 0.4) is 0 Å². The van der Waals surface area contributed by atoms with Gasteiger partial charge in [-0.05, 0) is 24.3 Å². The summed E-state index contributed by atoms with van der Waals surface area (Å²) in [5.74, 6) is -2.42. The number of ether oxygens (including phenoxy) is 1. The van der Waals surface area contributed by atoms with Gasteiger partial charge in [-0.1, -0.05) is 0 Å². The molecule has 122 valence electrons. The molecule has 8 heteroatoms. The van der Waals surface area contributed by atoms with Crippen LogP contribution in [0.25, 0.3) is 11.3 Å². The van der Waals surface area contributed by atoms with Crippen LogP contribution in [0.4, 0.5) is 13.9 Å². The largest absolute Gasteiger partial charge is 0.491 e.